The summed E-state index contributed by atoms with van der Waals surface area (Å²) in [5.74, 6) is -0.235. The van der Waals surface area contributed by atoms with E-state index >= 15 is 0 Å². The molecule has 0 aromatic carbocycles. The Morgan fingerprint density at radius 1 is 1.80 bits per heavy atom. The summed E-state index contributed by atoms with van der Waals surface area (Å²) in [5.41, 5.74) is -0.589. The van der Waals surface area contributed by atoms with Gasteiger partial charge in [0, 0.05) is 6.54 Å². The van der Waals surface area contributed by atoms with E-state index in [0.29, 0.717) is 0 Å². The van der Waals surface area contributed by atoms with Gasteiger partial charge in [0.1, 0.15) is 5.54 Å². The van der Waals surface area contributed by atoms with Crippen molar-refractivity contribution < 1.29 is 9.53 Å². The first-order chi connectivity index (χ1) is 4.69. The summed E-state index contributed by atoms with van der Waals surface area (Å²) in [7, 11) is 1.39. The zero-order valence-electron chi connectivity index (χ0n) is 6.18. The second-order valence-electron chi connectivity index (χ2n) is 2.48. The van der Waals surface area contributed by atoms with E-state index in [0.717, 1.165) is 6.54 Å². The Hall–Kier alpha value is -0.830. The average molecular weight is 141 g/mol. The van der Waals surface area contributed by atoms with Gasteiger partial charge in [-0.05, 0) is 6.92 Å². The lowest BCUT2D eigenvalue weighted by molar-refractivity contribution is -0.145. The Morgan fingerprint density at radius 3 is 2.90 bits per heavy atom. The Balaban J connectivity index is 2.68. The van der Waals surface area contributed by atoms with Gasteiger partial charge < -0.3 is 4.74 Å². The monoisotopic (exact) mass is 141 g/mol. The van der Waals surface area contributed by atoms with Crippen LogP contribution in [-0.2, 0) is 9.53 Å². The van der Waals surface area contributed by atoms with Gasteiger partial charge in [0.25, 0.3) is 0 Å². The molecule has 1 N–H and O–H groups in total. The van der Waals surface area contributed by atoms with Crippen molar-refractivity contribution in [2.75, 3.05) is 13.7 Å². The molecule has 0 radical (unpaired) electrons. The molecule has 1 atom stereocenters. The van der Waals surface area contributed by atoms with E-state index in [9.17, 15) is 4.79 Å². The summed E-state index contributed by atoms with van der Waals surface area (Å²) in [6.45, 7) is 2.54. The first-order valence-electron chi connectivity index (χ1n) is 3.20. The number of rotatable bonds is 1. The lowest BCUT2D eigenvalue weighted by atomic mass is 10.1. The van der Waals surface area contributed by atoms with Crippen molar-refractivity contribution in [1.29, 1.82) is 0 Å². The molecule has 1 aliphatic heterocycles. The smallest absolute Gasteiger partial charge is 0.329 e. The second kappa shape index (κ2) is 2.42. The molecule has 0 spiro atoms. The number of hydrogen-bond donors (Lipinski definition) is 1. The molecule has 1 unspecified atom stereocenters. The van der Waals surface area contributed by atoms with E-state index in [2.05, 4.69) is 10.1 Å². The summed E-state index contributed by atoms with van der Waals surface area (Å²) in [5, 5.41) is 3.00. The fourth-order valence-electron chi connectivity index (χ4n) is 0.977. The predicted octanol–water partition coefficient (Wildman–Crippen LogP) is 0.0775. The lowest BCUT2D eigenvalue weighted by Gasteiger charge is -2.18. The van der Waals surface area contributed by atoms with Crippen LogP contribution in [0, 0.1) is 0 Å². The summed E-state index contributed by atoms with van der Waals surface area (Å²) < 4.78 is 4.58. The van der Waals surface area contributed by atoms with Crippen LogP contribution >= 0.6 is 0 Å². The van der Waals surface area contributed by atoms with Crippen molar-refractivity contribution in [1.82, 2.24) is 5.32 Å². The third-order valence-electron chi connectivity index (χ3n) is 1.65. The van der Waals surface area contributed by atoms with Crippen LogP contribution in [0.25, 0.3) is 0 Å². The van der Waals surface area contributed by atoms with Gasteiger partial charge in [0.05, 0.1) is 7.11 Å². The number of carbonyl (C=O) groups is 1. The van der Waals surface area contributed by atoms with Crippen LogP contribution in [0.5, 0.6) is 0 Å². The number of carbonyl (C=O) groups excluding carboxylic acids is 1. The first-order valence-corrected chi connectivity index (χ1v) is 3.20. The van der Waals surface area contributed by atoms with Crippen LogP contribution in [-0.4, -0.2) is 25.2 Å². The lowest BCUT2D eigenvalue weighted by Crippen LogP contribution is -2.45. The first kappa shape index (κ1) is 7.28. The molecule has 0 aromatic rings. The molecule has 0 amide bonds. The van der Waals surface area contributed by atoms with Gasteiger partial charge in [-0.15, -0.1) is 0 Å². The Bertz CT molecular complexity index is 176. The molecule has 56 valence electrons. The maximum atomic E-state index is 11.0. The van der Waals surface area contributed by atoms with Gasteiger partial charge in [-0.1, -0.05) is 12.2 Å². The highest BCUT2D eigenvalue weighted by Crippen LogP contribution is 2.11. The van der Waals surface area contributed by atoms with E-state index < -0.39 is 5.54 Å². The Morgan fingerprint density at radius 2 is 2.50 bits per heavy atom. The van der Waals surface area contributed by atoms with E-state index in [-0.39, 0.29) is 5.97 Å². The van der Waals surface area contributed by atoms with Gasteiger partial charge >= 0.3 is 5.97 Å². The minimum Gasteiger partial charge on any atom is -0.467 e. The second-order valence-corrected chi connectivity index (χ2v) is 2.48. The molecule has 1 aliphatic rings. The Kier molecular flexibility index (Phi) is 1.76. The van der Waals surface area contributed by atoms with Gasteiger partial charge in [0.2, 0.25) is 0 Å². The van der Waals surface area contributed by atoms with Crippen molar-refractivity contribution in [2.24, 2.45) is 0 Å². The highest BCUT2D eigenvalue weighted by atomic mass is 16.5. The van der Waals surface area contributed by atoms with Gasteiger partial charge in [0.15, 0.2) is 0 Å². The minimum absolute atomic E-state index is 0.235. The number of esters is 1. The molecule has 0 fully saturated rings. The van der Waals surface area contributed by atoms with Gasteiger partial charge in [-0.25, -0.2) is 4.79 Å². The Labute approximate surface area is 60.1 Å². The van der Waals surface area contributed by atoms with E-state index in [1.54, 1.807) is 6.92 Å². The fourth-order valence-corrected chi connectivity index (χ4v) is 0.977. The van der Waals surface area contributed by atoms with E-state index in [1.807, 2.05) is 12.2 Å². The van der Waals surface area contributed by atoms with Crippen molar-refractivity contribution in [3.8, 4) is 0 Å². The minimum atomic E-state index is -0.589. The third kappa shape index (κ3) is 1.04. The largest absolute Gasteiger partial charge is 0.467 e. The highest BCUT2D eigenvalue weighted by molar-refractivity contribution is 5.83. The topological polar surface area (TPSA) is 38.3 Å². The van der Waals surface area contributed by atoms with Crippen molar-refractivity contribution in [3.05, 3.63) is 12.2 Å². The molecular formula is C7H11NO2. The van der Waals surface area contributed by atoms with Crippen LogP contribution in [0.15, 0.2) is 12.2 Å². The van der Waals surface area contributed by atoms with Crippen molar-refractivity contribution in [3.63, 3.8) is 0 Å². The zero-order chi connectivity index (χ0) is 7.61. The summed E-state index contributed by atoms with van der Waals surface area (Å²) in [4.78, 5) is 11.0. The van der Waals surface area contributed by atoms with Crippen LogP contribution in [0.3, 0.4) is 0 Å². The SMILES string of the molecule is COC(=O)C1(C)C=CCN1. The van der Waals surface area contributed by atoms with Crippen LogP contribution in [0.4, 0.5) is 0 Å². The summed E-state index contributed by atoms with van der Waals surface area (Å²) >= 11 is 0. The van der Waals surface area contributed by atoms with Gasteiger partial charge in [-0.3, -0.25) is 5.32 Å². The molecule has 3 nitrogen and oxygen atoms in total. The van der Waals surface area contributed by atoms with E-state index in [4.69, 9.17) is 0 Å². The number of methoxy groups -OCH3 is 1. The number of nitrogens with one attached hydrogen (secondary N) is 1. The molecule has 1 rings (SSSR count). The summed E-state index contributed by atoms with van der Waals surface area (Å²) in [6, 6.07) is 0. The van der Waals surface area contributed by atoms with E-state index in [1.165, 1.54) is 7.11 Å². The molecule has 3 heteroatoms. The predicted molar refractivity (Wildman–Crippen MR) is 37.6 cm³/mol. The molecule has 0 bridgehead atoms. The van der Waals surface area contributed by atoms with Crippen molar-refractivity contribution in [2.45, 2.75) is 12.5 Å². The molecule has 10 heavy (non-hydrogen) atoms. The third-order valence-corrected chi connectivity index (χ3v) is 1.65. The summed E-state index contributed by atoms with van der Waals surface area (Å²) in [6.07, 6.45) is 3.73. The molecule has 0 saturated carbocycles. The van der Waals surface area contributed by atoms with Crippen LogP contribution in [0.2, 0.25) is 0 Å². The van der Waals surface area contributed by atoms with Crippen LogP contribution < -0.4 is 5.32 Å². The normalized spacial score (nSPS) is 30.6. The highest BCUT2D eigenvalue weighted by Gasteiger charge is 2.32. The number of ether oxygens (including phenoxy) is 1. The molecule has 0 saturated heterocycles. The average Bonchev–Trinajstić information content (AvgIpc) is 2.36. The zero-order valence-corrected chi connectivity index (χ0v) is 6.18. The molecule has 0 aliphatic carbocycles. The maximum absolute atomic E-state index is 11.0. The quantitative estimate of drug-likeness (QED) is 0.415. The molecular weight excluding hydrogens is 130 g/mol. The standard InChI is InChI=1S/C7H11NO2/c1-7(6(9)10-2)4-3-5-8-7/h3-4,8H,5H2,1-2H3. The fraction of sp³-hybridized carbons (Fsp3) is 0.571. The van der Waals surface area contributed by atoms with Crippen molar-refractivity contribution >= 4 is 5.97 Å². The van der Waals surface area contributed by atoms with Gasteiger partial charge in [-0.2, -0.15) is 0 Å². The van der Waals surface area contributed by atoms with Crippen LogP contribution in [0.1, 0.15) is 6.92 Å². The maximum Gasteiger partial charge on any atom is 0.329 e. The number of hydrogen-bond acceptors (Lipinski definition) is 3. The molecule has 0 aromatic heterocycles. The molecule has 1 heterocycles.